The highest BCUT2D eigenvalue weighted by atomic mass is 79.9. The first kappa shape index (κ1) is 11.4. The molecule has 0 aromatic heterocycles. The Balaban J connectivity index is 2.36. The van der Waals surface area contributed by atoms with E-state index in [9.17, 15) is 8.42 Å². The number of hydrogen-bond donors (Lipinski definition) is 1. The SMILES string of the molecule is O=S(=O)(NCCCBr)N1CCCC1. The molecule has 1 saturated heterocycles. The van der Waals surface area contributed by atoms with Gasteiger partial charge in [-0.15, -0.1) is 0 Å². The molecule has 6 heteroatoms. The zero-order chi connectivity index (χ0) is 9.73. The molecule has 0 aliphatic carbocycles. The van der Waals surface area contributed by atoms with Crippen LogP contribution in [0.4, 0.5) is 0 Å². The van der Waals surface area contributed by atoms with E-state index in [0.29, 0.717) is 19.6 Å². The minimum absolute atomic E-state index is 0.518. The Kier molecular flexibility index (Phi) is 4.64. The van der Waals surface area contributed by atoms with E-state index < -0.39 is 10.2 Å². The van der Waals surface area contributed by atoms with Gasteiger partial charge in [-0.2, -0.15) is 12.7 Å². The van der Waals surface area contributed by atoms with Gasteiger partial charge >= 0.3 is 0 Å². The molecular formula is C7H15BrN2O2S. The summed E-state index contributed by atoms with van der Waals surface area (Å²) in [6.45, 7) is 1.86. The monoisotopic (exact) mass is 270 g/mol. The van der Waals surface area contributed by atoms with E-state index in [2.05, 4.69) is 20.7 Å². The van der Waals surface area contributed by atoms with E-state index in [0.717, 1.165) is 24.6 Å². The molecule has 1 aliphatic rings. The minimum atomic E-state index is -3.17. The zero-order valence-corrected chi connectivity index (χ0v) is 9.90. The molecule has 0 unspecified atom stereocenters. The Hall–Kier alpha value is 0.350. The maximum atomic E-state index is 11.5. The van der Waals surface area contributed by atoms with Crippen molar-refractivity contribution < 1.29 is 8.42 Å². The molecule has 1 N–H and O–H groups in total. The van der Waals surface area contributed by atoms with Crippen LogP contribution < -0.4 is 4.72 Å². The highest BCUT2D eigenvalue weighted by Gasteiger charge is 2.23. The molecule has 1 heterocycles. The molecule has 1 aliphatic heterocycles. The number of nitrogens with one attached hydrogen (secondary N) is 1. The summed E-state index contributed by atoms with van der Waals surface area (Å²) in [6, 6.07) is 0. The quantitative estimate of drug-likeness (QED) is 0.591. The van der Waals surface area contributed by atoms with Gasteiger partial charge in [-0.1, -0.05) is 15.9 Å². The van der Waals surface area contributed by atoms with Crippen LogP contribution in [0.15, 0.2) is 0 Å². The lowest BCUT2D eigenvalue weighted by atomic mass is 10.4. The Morgan fingerprint density at radius 2 is 1.92 bits per heavy atom. The average molecular weight is 271 g/mol. The fourth-order valence-corrected chi connectivity index (χ4v) is 2.89. The van der Waals surface area contributed by atoms with Gasteiger partial charge in [0.05, 0.1) is 0 Å². The number of halogens is 1. The lowest BCUT2D eigenvalue weighted by Crippen LogP contribution is -2.39. The lowest BCUT2D eigenvalue weighted by Gasteiger charge is -2.15. The van der Waals surface area contributed by atoms with Crippen molar-refractivity contribution in [3.05, 3.63) is 0 Å². The van der Waals surface area contributed by atoms with Gasteiger partial charge in [0, 0.05) is 25.0 Å². The molecule has 0 atom stereocenters. The molecule has 0 aromatic carbocycles. The van der Waals surface area contributed by atoms with Crippen LogP contribution in [-0.4, -0.2) is 37.7 Å². The van der Waals surface area contributed by atoms with Gasteiger partial charge in [-0.25, -0.2) is 4.72 Å². The van der Waals surface area contributed by atoms with Crippen LogP contribution in [0.1, 0.15) is 19.3 Å². The standard InChI is InChI=1S/C7H15BrN2O2S/c8-4-3-5-9-13(11,12)10-6-1-2-7-10/h9H,1-7H2. The van der Waals surface area contributed by atoms with Crippen LogP contribution in [0.3, 0.4) is 0 Å². The Morgan fingerprint density at radius 1 is 1.31 bits per heavy atom. The molecular weight excluding hydrogens is 256 g/mol. The summed E-state index contributed by atoms with van der Waals surface area (Å²) in [5, 5.41) is 0.829. The Labute approximate surface area is 88.0 Å². The first-order valence-corrected chi connectivity index (χ1v) is 7.03. The molecule has 1 rings (SSSR count). The second-order valence-electron chi connectivity index (χ2n) is 3.05. The summed E-state index contributed by atoms with van der Waals surface area (Å²) in [5.74, 6) is 0. The van der Waals surface area contributed by atoms with Crippen molar-refractivity contribution in [2.75, 3.05) is 25.0 Å². The Morgan fingerprint density at radius 3 is 2.46 bits per heavy atom. The molecule has 0 bridgehead atoms. The average Bonchev–Trinajstić information content (AvgIpc) is 2.56. The van der Waals surface area contributed by atoms with Crippen LogP contribution in [-0.2, 0) is 10.2 Å². The van der Waals surface area contributed by atoms with E-state index in [1.165, 1.54) is 4.31 Å². The summed E-state index contributed by atoms with van der Waals surface area (Å²) in [6.07, 6.45) is 2.80. The minimum Gasteiger partial charge on any atom is -0.202 e. The van der Waals surface area contributed by atoms with Crippen LogP contribution in [0, 0.1) is 0 Å². The van der Waals surface area contributed by atoms with Gasteiger partial charge < -0.3 is 0 Å². The van der Waals surface area contributed by atoms with Crippen molar-refractivity contribution >= 4 is 26.1 Å². The third-order valence-corrected chi connectivity index (χ3v) is 4.17. The van der Waals surface area contributed by atoms with Crippen molar-refractivity contribution in [2.45, 2.75) is 19.3 Å². The predicted molar refractivity (Wildman–Crippen MR) is 56.1 cm³/mol. The summed E-state index contributed by atoms with van der Waals surface area (Å²) in [4.78, 5) is 0. The second kappa shape index (κ2) is 5.29. The lowest BCUT2D eigenvalue weighted by molar-refractivity contribution is 0.465. The van der Waals surface area contributed by atoms with E-state index in [1.54, 1.807) is 0 Å². The molecule has 13 heavy (non-hydrogen) atoms. The van der Waals surface area contributed by atoms with Crippen molar-refractivity contribution in [1.29, 1.82) is 0 Å². The first-order chi connectivity index (χ1) is 6.17. The second-order valence-corrected chi connectivity index (χ2v) is 5.60. The maximum absolute atomic E-state index is 11.5. The molecule has 0 amide bonds. The Bertz CT molecular complexity index is 237. The van der Waals surface area contributed by atoms with Crippen molar-refractivity contribution in [2.24, 2.45) is 0 Å². The van der Waals surface area contributed by atoms with Gasteiger partial charge in [0.15, 0.2) is 0 Å². The number of nitrogens with zero attached hydrogens (tertiary/aromatic N) is 1. The summed E-state index contributed by atoms with van der Waals surface area (Å²) in [7, 11) is -3.17. The molecule has 1 fully saturated rings. The first-order valence-electron chi connectivity index (χ1n) is 4.47. The van der Waals surface area contributed by atoms with Crippen LogP contribution in [0.25, 0.3) is 0 Å². The van der Waals surface area contributed by atoms with Crippen molar-refractivity contribution in [3.63, 3.8) is 0 Å². The van der Waals surface area contributed by atoms with Gasteiger partial charge in [-0.05, 0) is 19.3 Å². The van der Waals surface area contributed by atoms with Crippen LogP contribution in [0.2, 0.25) is 0 Å². The summed E-state index contributed by atoms with van der Waals surface area (Å²) < 4.78 is 27.1. The fourth-order valence-electron chi connectivity index (χ4n) is 1.29. The van der Waals surface area contributed by atoms with E-state index in [4.69, 9.17) is 0 Å². The zero-order valence-electron chi connectivity index (χ0n) is 7.50. The van der Waals surface area contributed by atoms with Crippen LogP contribution in [0.5, 0.6) is 0 Å². The van der Waals surface area contributed by atoms with E-state index >= 15 is 0 Å². The van der Waals surface area contributed by atoms with Crippen LogP contribution >= 0.6 is 15.9 Å². The summed E-state index contributed by atoms with van der Waals surface area (Å²) in [5.41, 5.74) is 0. The molecule has 0 spiro atoms. The smallest absolute Gasteiger partial charge is 0.202 e. The molecule has 0 radical (unpaired) electrons. The number of rotatable bonds is 5. The number of alkyl halides is 1. The normalized spacial score (nSPS) is 19.5. The summed E-state index contributed by atoms with van der Waals surface area (Å²) >= 11 is 3.25. The third kappa shape index (κ3) is 3.53. The highest BCUT2D eigenvalue weighted by molar-refractivity contribution is 9.09. The third-order valence-electron chi connectivity index (χ3n) is 2.00. The fraction of sp³-hybridized carbons (Fsp3) is 1.00. The molecule has 78 valence electrons. The van der Waals surface area contributed by atoms with Gasteiger partial charge in [-0.3, -0.25) is 0 Å². The van der Waals surface area contributed by atoms with Crippen molar-refractivity contribution in [3.8, 4) is 0 Å². The molecule has 0 aromatic rings. The van der Waals surface area contributed by atoms with Gasteiger partial charge in [0.1, 0.15) is 0 Å². The van der Waals surface area contributed by atoms with E-state index in [-0.39, 0.29) is 0 Å². The largest absolute Gasteiger partial charge is 0.279 e. The highest BCUT2D eigenvalue weighted by Crippen LogP contribution is 2.10. The topological polar surface area (TPSA) is 49.4 Å². The van der Waals surface area contributed by atoms with E-state index in [1.807, 2.05) is 0 Å². The van der Waals surface area contributed by atoms with Crippen molar-refractivity contribution in [1.82, 2.24) is 9.03 Å². The van der Waals surface area contributed by atoms with Gasteiger partial charge in [0.25, 0.3) is 10.2 Å². The molecule has 4 nitrogen and oxygen atoms in total. The van der Waals surface area contributed by atoms with Gasteiger partial charge in [0.2, 0.25) is 0 Å². The maximum Gasteiger partial charge on any atom is 0.279 e. The number of hydrogen-bond acceptors (Lipinski definition) is 2. The predicted octanol–water partition coefficient (Wildman–Crippen LogP) is 0.702. The molecule has 0 saturated carbocycles.